The first kappa shape index (κ1) is 16.8. The molecule has 0 aromatic carbocycles. The molecule has 6 nitrogen and oxygen atoms in total. The van der Waals surface area contributed by atoms with E-state index in [2.05, 4.69) is 12.0 Å². The molecule has 22 heavy (non-hydrogen) atoms. The van der Waals surface area contributed by atoms with E-state index in [1.165, 1.54) is 0 Å². The van der Waals surface area contributed by atoms with Crippen LogP contribution in [0.5, 0.6) is 0 Å². The molecule has 0 unspecified atom stereocenters. The highest BCUT2D eigenvalue weighted by Crippen LogP contribution is 2.31. The maximum Gasteiger partial charge on any atom is 0.410 e. The van der Waals surface area contributed by atoms with Crippen LogP contribution in [0.4, 0.5) is 4.79 Å². The zero-order valence-electron chi connectivity index (χ0n) is 13.4. The van der Waals surface area contributed by atoms with Crippen molar-refractivity contribution in [3.8, 4) is 0 Å². The molecule has 1 aromatic heterocycles. The second-order valence-corrected chi connectivity index (χ2v) is 7.26. The molecule has 0 bridgehead atoms. The average molecular weight is 328 g/mol. The van der Waals surface area contributed by atoms with Gasteiger partial charge in [0, 0.05) is 19.3 Å². The lowest BCUT2D eigenvalue weighted by Crippen LogP contribution is -2.48. The molecule has 1 saturated heterocycles. The van der Waals surface area contributed by atoms with Crippen LogP contribution in [0.1, 0.15) is 50.9 Å². The molecule has 1 amide bonds. The molecule has 0 N–H and O–H groups in total. The largest absolute Gasteiger partial charge is 0.444 e. The highest BCUT2D eigenvalue weighted by Gasteiger charge is 2.36. The summed E-state index contributed by atoms with van der Waals surface area (Å²) in [5.74, 6) is 0. The maximum absolute atomic E-state index is 12.1. The van der Waals surface area contributed by atoms with Crippen LogP contribution >= 0.6 is 11.6 Å². The summed E-state index contributed by atoms with van der Waals surface area (Å²) in [7, 11) is 0. The smallest absolute Gasteiger partial charge is 0.410 e. The van der Waals surface area contributed by atoms with Crippen LogP contribution in [-0.2, 0) is 10.3 Å². The highest BCUT2D eigenvalue weighted by atomic mass is 35.5. The van der Waals surface area contributed by atoms with E-state index in [1.54, 1.807) is 15.8 Å². The van der Waals surface area contributed by atoms with E-state index in [1.807, 2.05) is 20.8 Å². The Morgan fingerprint density at radius 2 is 2.00 bits per heavy atom. The Morgan fingerprint density at radius 3 is 2.45 bits per heavy atom. The predicted molar refractivity (Wildman–Crippen MR) is 83.3 cm³/mol. The molecule has 1 fully saturated rings. The average Bonchev–Trinajstić information content (AvgIpc) is 2.79. The number of ether oxygens (including phenoxy) is 1. The van der Waals surface area contributed by atoms with Crippen LogP contribution < -0.4 is 0 Å². The molecule has 7 heteroatoms. The minimum absolute atomic E-state index is 0.214. The summed E-state index contributed by atoms with van der Waals surface area (Å²) in [5, 5.41) is 4.44. The summed E-state index contributed by atoms with van der Waals surface area (Å²) in [6.45, 7) is 8.78. The fourth-order valence-electron chi connectivity index (χ4n) is 2.45. The van der Waals surface area contributed by atoms with Crippen molar-refractivity contribution in [2.24, 2.45) is 0 Å². The zero-order chi connectivity index (χ0) is 16.5. The van der Waals surface area contributed by atoms with E-state index in [0.29, 0.717) is 24.9 Å². The van der Waals surface area contributed by atoms with E-state index in [-0.39, 0.29) is 16.8 Å². The number of carbonyl (C=O) groups is 2. The fraction of sp³-hybridized carbons (Fsp3) is 0.667. The Labute approximate surface area is 135 Å². The van der Waals surface area contributed by atoms with Crippen molar-refractivity contribution in [2.45, 2.75) is 51.7 Å². The number of piperidine rings is 1. The van der Waals surface area contributed by atoms with Gasteiger partial charge in [0.25, 0.3) is 0 Å². The number of aromatic nitrogens is 2. The Balaban J connectivity index is 2.04. The Morgan fingerprint density at radius 1 is 1.41 bits per heavy atom. The number of hydrogen-bond acceptors (Lipinski definition) is 4. The van der Waals surface area contributed by atoms with E-state index < -0.39 is 5.60 Å². The molecular weight excluding hydrogens is 306 g/mol. The standard InChI is InChI=1S/C15H22ClN3O3/c1-14(2,3)22-13(21)18-7-5-15(4,6-8-18)19-9-11(10-20)12(16)17-19/h9-10H,5-8H2,1-4H3. The Hall–Kier alpha value is -1.56. The van der Waals surface area contributed by atoms with Gasteiger partial charge in [-0.15, -0.1) is 0 Å². The van der Waals surface area contributed by atoms with Gasteiger partial charge in [-0.1, -0.05) is 11.6 Å². The lowest BCUT2D eigenvalue weighted by Gasteiger charge is -2.39. The fourth-order valence-corrected chi connectivity index (χ4v) is 2.62. The van der Waals surface area contributed by atoms with Gasteiger partial charge in [0.2, 0.25) is 0 Å². The molecule has 1 aliphatic heterocycles. The SMILES string of the molecule is CC(C)(C)OC(=O)N1CCC(C)(n2cc(C=O)c(Cl)n2)CC1. The van der Waals surface area contributed by atoms with Crippen molar-refractivity contribution in [2.75, 3.05) is 13.1 Å². The zero-order valence-corrected chi connectivity index (χ0v) is 14.2. The number of aldehydes is 1. The van der Waals surface area contributed by atoms with Crippen molar-refractivity contribution >= 4 is 24.0 Å². The second kappa shape index (κ2) is 5.91. The molecule has 0 saturated carbocycles. The molecule has 0 aliphatic carbocycles. The molecule has 0 atom stereocenters. The van der Waals surface area contributed by atoms with Gasteiger partial charge >= 0.3 is 6.09 Å². The topological polar surface area (TPSA) is 64.4 Å². The van der Waals surface area contributed by atoms with Crippen molar-refractivity contribution in [3.63, 3.8) is 0 Å². The van der Waals surface area contributed by atoms with Crippen molar-refractivity contribution in [1.82, 2.24) is 14.7 Å². The number of hydrogen-bond donors (Lipinski definition) is 0. The van der Waals surface area contributed by atoms with Crippen LogP contribution in [0.3, 0.4) is 0 Å². The number of halogens is 1. The molecule has 2 heterocycles. The van der Waals surface area contributed by atoms with Gasteiger partial charge in [-0.25, -0.2) is 4.79 Å². The van der Waals surface area contributed by atoms with E-state index in [0.717, 1.165) is 12.8 Å². The summed E-state index contributed by atoms with van der Waals surface area (Å²) < 4.78 is 7.13. The summed E-state index contributed by atoms with van der Waals surface area (Å²) >= 11 is 5.93. The molecule has 0 radical (unpaired) electrons. The number of rotatable bonds is 2. The Kier molecular flexibility index (Phi) is 4.52. The molecule has 2 rings (SSSR count). The van der Waals surface area contributed by atoms with Gasteiger partial charge in [-0.3, -0.25) is 9.48 Å². The maximum atomic E-state index is 12.1. The normalized spacial score (nSPS) is 18.1. The predicted octanol–water partition coefficient (Wildman–Crippen LogP) is 3.10. The van der Waals surface area contributed by atoms with Crippen molar-refractivity contribution in [3.05, 3.63) is 16.9 Å². The van der Waals surface area contributed by atoms with Crippen LogP contribution in [0.2, 0.25) is 5.15 Å². The van der Waals surface area contributed by atoms with Gasteiger partial charge < -0.3 is 9.64 Å². The van der Waals surface area contributed by atoms with Gasteiger partial charge in [0.1, 0.15) is 5.60 Å². The molecule has 1 aliphatic rings. The first-order valence-corrected chi connectivity index (χ1v) is 7.71. The van der Waals surface area contributed by atoms with E-state index in [4.69, 9.17) is 16.3 Å². The lowest BCUT2D eigenvalue weighted by molar-refractivity contribution is 0.0120. The quantitative estimate of drug-likeness (QED) is 0.783. The van der Waals surface area contributed by atoms with Crippen LogP contribution in [0.15, 0.2) is 6.20 Å². The molecular formula is C15H22ClN3O3. The van der Waals surface area contributed by atoms with Crippen LogP contribution in [0.25, 0.3) is 0 Å². The first-order valence-electron chi connectivity index (χ1n) is 7.33. The molecule has 0 spiro atoms. The summed E-state index contributed by atoms with van der Waals surface area (Å²) in [6, 6.07) is 0. The van der Waals surface area contributed by atoms with Gasteiger partial charge in [0.05, 0.1) is 11.1 Å². The summed E-state index contributed by atoms with van der Waals surface area (Å²) in [5.41, 5.74) is -0.368. The highest BCUT2D eigenvalue weighted by molar-refractivity contribution is 6.31. The summed E-state index contributed by atoms with van der Waals surface area (Å²) in [4.78, 5) is 24.7. The first-order chi connectivity index (χ1) is 10.1. The molecule has 122 valence electrons. The van der Waals surface area contributed by atoms with Gasteiger partial charge in [-0.05, 0) is 40.5 Å². The monoisotopic (exact) mass is 327 g/mol. The third kappa shape index (κ3) is 3.61. The van der Waals surface area contributed by atoms with Gasteiger partial charge in [-0.2, -0.15) is 5.10 Å². The van der Waals surface area contributed by atoms with E-state index >= 15 is 0 Å². The number of amides is 1. The minimum atomic E-state index is -0.494. The van der Waals surface area contributed by atoms with Crippen molar-refractivity contribution < 1.29 is 14.3 Å². The minimum Gasteiger partial charge on any atom is -0.444 e. The number of carbonyl (C=O) groups excluding carboxylic acids is 2. The van der Waals surface area contributed by atoms with Crippen LogP contribution in [0, 0.1) is 0 Å². The molecule has 1 aromatic rings. The summed E-state index contributed by atoms with van der Waals surface area (Å²) in [6.07, 6.45) is 3.52. The van der Waals surface area contributed by atoms with Crippen LogP contribution in [-0.4, -0.2) is 45.8 Å². The lowest BCUT2D eigenvalue weighted by atomic mass is 9.90. The Bertz CT molecular complexity index is 569. The second-order valence-electron chi connectivity index (χ2n) is 6.90. The third-order valence-electron chi connectivity index (χ3n) is 3.87. The van der Waals surface area contributed by atoms with Crippen molar-refractivity contribution in [1.29, 1.82) is 0 Å². The van der Waals surface area contributed by atoms with E-state index in [9.17, 15) is 9.59 Å². The van der Waals surface area contributed by atoms with Gasteiger partial charge in [0.15, 0.2) is 11.4 Å². The number of likely N-dealkylation sites (tertiary alicyclic amines) is 1. The number of nitrogens with zero attached hydrogens (tertiary/aromatic N) is 3. The third-order valence-corrected chi connectivity index (χ3v) is 4.16.